The van der Waals surface area contributed by atoms with Crippen LogP contribution in [0.2, 0.25) is 0 Å². The molecule has 1 aliphatic heterocycles. The number of rotatable bonds is 1. The maximum atomic E-state index is 13.0. The van der Waals surface area contributed by atoms with Gasteiger partial charge in [0.25, 0.3) is 0 Å². The monoisotopic (exact) mass is 323 g/mol. The van der Waals surface area contributed by atoms with Gasteiger partial charge in [0, 0.05) is 0 Å². The number of halogens is 4. The highest BCUT2D eigenvalue weighted by atomic mass is 79.9. The van der Waals surface area contributed by atoms with Gasteiger partial charge < -0.3 is 10.4 Å². The molecule has 1 aromatic rings. The highest BCUT2D eigenvalue weighted by molar-refractivity contribution is 9.10. The van der Waals surface area contributed by atoms with E-state index in [0.717, 1.165) is 19.2 Å². The van der Waals surface area contributed by atoms with Crippen LogP contribution < -0.4 is 5.32 Å². The Morgan fingerprint density at radius 2 is 1.83 bits per heavy atom. The van der Waals surface area contributed by atoms with Gasteiger partial charge in [0.05, 0.1) is 10.0 Å². The van der Waals surface area contributed by atoms with Crippen molar-refractivity contribution in [2.45, 2.75) is 24.9 Å². The van der Waals surface area contributed by atoms with E-state index in [-0.39, 0.29) is 17.2 Å². The topological polar surface area (TPSA) is 32.3 Å². The molecule has 100 valence electrons. The maximum Gasteiger partial charge on any atom is 0.416 e. The molecule has 1 fully saturated rings. The van der Waals surface area contributed by atoms with Gasteiger partial charge in [-0.3, -0.25) is 0 Å². The van der Waals surface area contributed by atoms with Crippen molar-refractivity contribution in [1.82, 2.24) is 5.32 Å². The molecule has 1 heterocycles. The molecule has 0 saturated carbocycles. The standard InChI is InChI=1S/C12H13BrF3NO/c13-10-5-8(7-1-3-17-4-2-7)9(6-11(10)18)12(14,15)16/h5-7,17-18H,1-4H2. The lowest BCUT2D eigenvalue weighted by atomic mass is 9.87. The lowest BCUT2D eigenvalue weighted by molar-refractivity contribution is -0.138. The number of alkyl halides is 3. The minimum absolute atomic E-state index is 0.111. The minimum Gasteiger partial charge on any atom is -0.507 e. The van der Waals surface area contributed by atoms with Crippen LogP contribution in [0.25, 0.3) is 0 Å². The molecule has 0 amide bonds. The number of hydrogen-bond acceptors (Lipinski definition) is 2. The zero-order valence-electron chi connectivity index (χ0n) is 9.52. The zero-order chi connectivity index (χ0) is 13.3. The van der Waals surface area contributed by atoms with Crippen LogP contribution in [-0.2, 0) is 6.18 Å². The first-order chi connectivity index (χ1) is 8.39. The normalized spacial score (nSPS) is 18.0. The quantitative estimate of drug-likeness (QED) is 0.827. The van der Waals surface area contributed by atoms with Crippen molar-refractivity contribution < 1.29 is 18.3 Å². The smallest absolute Gasteiger partial charge is 0.416 e. The maximum absolute atomic E-state index is 13.0. The van der Waals surface area contributed by atoms with Gasteiger partial charge >= 0.3 is 6.18 Å². The lowest BCUT2D eigenvalue weighted by Crippen LogP contribution is -2.27. The van der Waals surface area contributed by atoms with Gasteiger partial charge in [-0.05, 0) is 65.5 Å². The first-order valence-electron chi connectivity index (χ1n) is 5.70. The fraction of sp³-hybridized carbons (Fsp3) is 0.500. The highest BCUT2D eigenvalue weighted by Gasteiger charge is 2.36. The van der Waals surface area contributed by atoms with Crippen molar-refractivity contribution in [2.24, 2.45) is 0 Å². The average Bonchev–Trinajstić information content (AvgIpc) is 2.32. The van der Waals surface area contributed by atoms with Crippen molar-refractivity contribution in [3.05, 3.63) is 27.7 Å². The molecule has 0 unspecified atom stereocenters. The molecule has 18 heavy (non-hydrogen) atoms. The molecule has 1 aliphatic rings. The van der Waals surface area contributed by atoms with Crippen molar-refractivity contribution in [1.29, 1.82) is 0 Å². The molecule has 0 spiro atoms. The van der Waals surface area contributed by atoms with Crippen molar-refractivity contribution >= 4 is 15.9 Å². The summed E-state index contributed by atoms with van der Waals surface area (Å²) in [6.45, 7) is 1.45. The Hall–Kier alpha value is -0.750. The molecule has 1 aromatic carbocycles. The van der Waals surface area contributed by atoms with Crippen LogP contribution in [0.5, 0.6) is 5.75 Å². The van der Waals surface area contributed by atoms with Crippen LogP contribution in [0.15, 0.2) is 16.6 Å². The van der Waals surface area contributed by atoms with Gasteiger partial charge in [-0.15, -0.1) is 0 Å². The van der Waals surface area contributed by atoms with E-state index in [4.69, 9.17) is 0 Å². The molecule has 0 aromatic heterocycles. The van der Waals surface area contributed by atoms with Gasteiger partial charge in [-0.25, -0.2) is 0 Å². The van der Waals surface area contributed by atoms with E-state index in [2.05, 4.69) is 21.2 Å². The zero-order valence-corrected chi connectivity index (χ0v) is 11.1. The molecule has 0 bridgehead atoms. The van der Waals surface area contributed by atoms with Gasteiger partial charge in [0.15, 0.2) is 0 Å². The summed E-state index contributed by atoms with van der Waals surface area (Å²) in [5, 5.41) is 12.6. The predicted octanol–water partition coefficient (Wildman–Crippen LogP) is 3.64. The van der Waals surface area contributed by atoms with E-state index in [1.807, 2.05) is 0 Å². The largest absolute Gasteiger partial charge is 0.507 e. The fourth-order valence-corrected chi connectivity index (χ4v) is 2.65. The number of hydrogen-bond donors (Lipinski definition) is 2. The van der Waals surface area contributed by atoms with Gasteiger partial charge in [0.1, 0.15) is 5.75 Å². The van der Waals surface area contributed by atoms with Gasteiger partial charge in [0.2, 0.25) is 0 Å². The summed E-state index contributed by atoms with van der Waals surface area (Å²) >= 11 is 3.08. The van der Waals surface area contributed by atoms with Crippen molar-refractivity contribution in [3.8, 4) is 5.75 Å². The molecule has 2 N–H and O–H groups in total. The van der Waals surface area contributed by atoms with Crippen LogP contribution in [0.4, 0.5) is 13.2 Å². The third kappa shape index (κ3) is 2.80. The summed E-state index contributed by atoms with van der Waals surface area (Å²) in [5.74, 6) is -0.486. The Bertz CT molecular complexity index is 442. The van der Waals surface area contributed by atoms with E-state index >= 15 is 0 Å². The number of aromatic hydroxyl groups is 1. The first-order valence-corrected chi connectivity index (χ1v) is 6.49. The van der Waals surface area contributed by atoms with Gasteiger partial charge in [-0.2, -0.15) is 13.2 Å². The number of phenolic OH excluding ortho intramolecular Hbond substituents is 1. The third-order valence-electron chi connectivity index (χ3n) is 3.20. The Labute approximate surface area is 111 Å². The summed E-state index contributed by atoms with van der Waals surface area (Å²) in [7, 11) is 0. The van der Waals surface area contributed by atoms with Crippen molar-refractivity contribution in [3.63, 3.8) is 0 Å². The predicted molar refractivity (Wildman–Crippen MR) is 65.7 cm³/mol. The molecular weight excluding hydrogens is 311 g/mol. The van der Waals surface area contributed by atoms with Gasteiger partial charge in [-0.1, -0.05) is 0 Å². The highest BCUT2D eigenvalue weighted by Crippen LogP contribution is 2.42. The molecule has 0 radical (unpaired) electrons. The molecule has 0 atom stereocenters. The summed E-state index contributed by atoms with van der Waals surface area (Å²) in [4.78, 5) is 0. The van der Waals surface area contributed by atoms with Crippen molar-refractivity contribution in [2.75, 3.05) is 13.1 Å². The Kier molecular flexibility index (Phi) is 3.87. The summed E-state index contributed by atoms with van der Waals surface area (Å²) in [6.07, 6.45) is -3.07. The van der Waals surface area contributed by atoms with Crippen LogP contribution in [0, 0.1) is 0 Å². The van der Waals surface area contributed by atoms with Crippen LogP contribution in [0.3, 0.4) is 0 Å². The van der Waals surface area contributed by atoms with E-state index in [9.17, 15) is 18.3 Å². The second-order valence-electron chi connectivity index (χ2n) is 4.41. The fourth-order valence-electron chi connectivity index (χ4n) is 2.29. The Morgan fingerprint density at radius 3 is 2.39 bits per heavy atom. The average molecular weight is 324 g/mol. The first kappa shape index (κ1) is 13.7. The molecule has 2 rings (SSSR count). The minimum atomic E-state index is -4.43. The van der Waals surface area contributed by atoms with E-state index in [1.165, 1.54) is 6.07 Å². The SMILES string of the molecule is Oc1cc(C(F)(F)F)c(C2CCNCC2)cc1Br. The van der Waals surface area contributed by atoms with E-state index < -0.39 is 11.7 Å². The lowest BCUT2D eigenvalue weighted by Gasteiger charge is -2.26. The van der Waals surface area contributed by atoms with Crippen LogP contribution >= 0.6 is 15.9 Å². The number of piperidine rings is 1. The van der Waals surface area contributed by atoms with Crippen LogP contribution in [0.1, 0.15) is 29.9 Å². The number of phenols is 1. The number of nitrogens with one attached hydrogen (secondary N) is 1. The Morgan fingerprint density at radius 1 is 1.22 bits per heavy atom. The Balaban J connectivity index is 2.46. The molecule has 1 saturated heterocycles. The van der Waals surface area contributed by atoms with E-state index in [1.54, 1.807) is 0 Å². The van der Waals surface area contributed by atoms with Crippen LogP contribution in [-0.4, -0.2) is 18.2 Å². The summed E-state index contributed by atoms with van der Waals surface area (Å²) < 4.78 is 39.2. The number of benzene rings is 1. The molecule has 6 heteroatoms. The molecule has 2 nitrogen and oxygen atoms in total. The third-order valence-corrected chi connectivity index (χ3v) is 3.84. The summed E-state index contributed by atoms with van der Waals surface area (Å²) in [5.41, 5.74) is -0.455. The summed E-state index contributed by atoms with van der Waals surface area (Å²) in [6, 6.07) is 2.20. The second kappa shape index (κ2) is 5.09. The molecular formula is C12H13BrF3NO. The van der Waals surface area contributed by atoms with E-state index in [0.29, 0.717) is 17.3 Å². The molecule has 0 aliphatic carbocycles. The second-order valence-corrected chi connectivity index (χ2v) is 5.27.